The van der Waals surface area contributed by atoms with Crippen LogP contribution in [0, 0.1) is 0 Å². The lowest BCUT2D eigenvalue weighted by molar-refractivity contribution is -0.153. The van der Waals surface area contributed by atoms with Gasteiger partial charge in [0.2, 0.25) is 0 Å². The molecule has 0 radical (unpaired) electrons. The molecular weight excluding hydrogens is 374 g/mol. The Labute approximate surface area is 168 Å². The summed E-state index contributed by atoms with van der Waals surface area (Å²) in [6.45, 7) is 0.868. The largest absolute Gasteiger partial charge is 0.482 e. The number of benzene rings is 1. The number of esters is 1. The van der Waals surface area contributed by atoms with Gasteiger partial charge in [-0.1, -0.05) is 12.8 Å². The van der Waals surface area contributed by atoms with E-state index >= 15 is 0 Å². The van der Waals surface area contributed by atoms with E-state index in [0.717, 1.165) is 74.5 Å². The second-order valence-corrected chi connectivity index (χ2v) is 7.60. The third-order valence-corrected chi connectivity index (χ3v) is 5.62. The van der Waals surface area contributed by atoms with Gasteiger partial charge in [0.05, 0.1) is 0 Å². The number of hydrogen-bond acceptors (Lipinski definition) is 6. The smallest absolute Gasteiger partial charge is 0.344 e. The highest BCUT2D eigenvalue weighted by molar-refractivity contribution is 5.83. The number of fused-ring (bicyclic) bond motifs is 3. The van der Waals surface area contributed by atoms with Crippen molar-refractivity contribution in [2.45, 2.75) is 44.9 Å². The van der Waals surface area contributed by atoms with Crippen molar-refractivity contribution in [1.29, 1.82) is 0 Å². The second kappa shape index (κ2) is 8.68. The van der Waals surface area contributed by atoms with Gasteiger partial charge in [0.1, 0.15) is 11.3 Å². The molecule has 0 spiro atoms. The van der Waals surface area contributed by atoms with Crippen LogP contribution in [-0.4, -0.2) is 43.1 Å². The molecule has 1 aromatic heterocycles. The van der Waals surface area contributed by atoms with Gasteiger partial charge < -0.3 is 18.8 Å². The Morgan fingerprint density at radius 3 is 2.52 bits per heavy atom. The third-order valence-electron chi connectivity index (χ3n) is 5.62. The molecule has 1 aliphatic heterocycles. The summed E-state index contributed by atoms with van der Waals surface area (Å²) in [5, 5.41) is 0.912. The molecule has 1 amide bonds. The van der Waals surface area contributed by atoms with Crippen molar-refractivity contribution in [2.75, 3.05) is 26.3 Å². The number of rotatable bonds is 5. The number of likely N-dealkylation sites (tertiary alicyclic amines) is 1. The molecule has 1 aliphatic carbocycles. The maximum atomic E-state index is 12.2. The summed E-state index contributed by atoms with van der Waals surface area (Å²) < 4.78 is 15.9. The summed E-state index contributed by atoms with van der Waals surface area (Å²) in [4.78, 5) is 38.0. The second-order valence-electron chi connectivity index (χ2n) is 7.60. The molecular formula is C22H25NO6. The van der Waals surface area contributed by atoms with Gasteiger partial charge in [-0.25, -0.2) is 9.59 Å². The van der Waals surface area contributed by atoms with Gasteiger partial charge in [-0.15, -0.1) is 0 Å². The Balaban J connectivity index is 1.32. The van der Waals surface area contributed by atoms with Crippen molar-refractivity contribution >= 4 is 22.8 Å². The van der Waals surface area contributed by atoms with Crippen LogP contribution < -0.4 is 10.4 Å². The van der Waals surface area contributed by atoms with Crippen LogP contribution in [-0.2, 0) is 27.2 Å². The molecule has 29 heavy (non-hydrogen) atoms. The van der Waals surface area contributed by atoms with Gasteiger partial charge in [-0.2, -0.15) is 0 Å². The fourth-order valence-corrected chi connectivity index (χ4v) is 4.09. The number of carbonyl (C=O) groups excluding carboxylic acids is 2. The van der Waals surface area contributed by atoms with E-state index < -0.39 is 5.97 Å². The lowest BCUT2D eigenvalue weighted by Gasteiger charge is -2.19. The monoisotopic (exact) mass is 399 g/mol. The third kappa shape index (κ3) is 4.44. The quantitative estimate of drug-likeness (QED) is 0.567. The van der Waals surface area contributed by atoms with Crippen molar-refractivity contribution in [2.24, 2.45) is 0 Å². The minimum Gasteiger partial charge on any atom is -0.482 e. The Kier molecular flexibility index (Phi) is 5.83. The Hall–Kier alpha value is -2.83. The molecule has 154 valence electrons. The van der Waals surface area contributed by atoms with E-state index in [1.165, 1.54) is 0 Å². The highest BCUT2D eigenvalue weighted by Gasteiger charge is 2.20. The van der Waals surface area contributed by atoms with Gasteiger partial charge in [0, 0.05) is 30.1 Å². The summed E-state index contributed by atoms with van der Waals surface area (Å²) in [7, 11) is 0. The van der Waals surface area contributed by atoms with E-state index in [9.17, 15) is 14.4 Å². The van der Waals surface area contributed by atoms with Crippen LogP contribution in [0.2, 0.25) is 0 Å². The molecule has 7 nitrogen and oxygen atoms in total. The first-order valence-corrected chi connectivity index (χ1v) is 10.3. The lowest BCUT2D eigenvalue weighted by atomic mass is 10.1. The molecule has 0 atom stereocenters. The van der Waals surface area contributed by atoms with Crippen LogP contribution in [0.5, 0.6) is 5.75 Å². The number of hydrogen-bond donors (Lipinski definition) is 0. The summed E-state index contributed by atoms with van der Waals surface area (Å²) in [6.07, 6.45) is 6.83. The first kappa shape index (κ1) is 19.5. The number of ether oxygens (including phenoxy) is 2. The van der Waals surface area contributed by atoms with Crippen molar-refractivity contribution < 1.29 is 23.5 Å². The normalized spacial score (nSPS) is 16.3. The van der Waals surface area contributed by atoms with Crippen LogP contribution >= 0.6 is 0 Å². The minimum atomic E-state index is -0.608. The lowest BCUT2D eigenvalue weighted by Crippen LogP contribution is -2.35. The van der Waals surface area contributed by atoms with Crippen LogP contribution in [0.1, 0.15) is 43.2 Å². The van der Waals surface area contributed by atoms with Gasteiger partial charge in [-0.05, 0) is 49.8 Å². The molecule has 0 saturated carbocycles. The molecule has 7 heteroatoms. The van der Waals surface area contributed by atoms with E-state index in [4.69, 9.17) is 13.9 Å². The summed E-state index contributed by atoms with van der Waals surface area (Å²) in [5.41, 5.74) is 1.98. The molecule has 1 aromatic carbocycles. The first-order chi connectivity index (χ1) is 14.1. The molecule has 0 N–H and O–H groups in total. The Bertz CT molecular complexity index is 971. The molecule has 2 heterocycles. The highest BCUT2D eigenvalue weighted by atomic mass is 16.6. The predicted octanol–water partition coefficient (Wildman–Crippen LogP) is 2.61. The average Bonchev–Trinajstić information content (AvgIpc) is 3.06. The highest BCUT2D eigenvalue weighted by Crippen LogP contribution is 2.29. The predicted molar refractivity (Wildman–Crippen MR) is 106 cm³/mol. The SMILES string of the molecule is O=C(COc1ccc2c3c(c(=O)oc2c1)CCC3)OCC(=O)N1CCCCCC1. The summed E-state index contributed by atoms with van der Waals surface area (Å²) in [5.74, 6) is -0.361. The van der Waals surface area contributed by atoms with Gasteiger partial charge in [0.25, 0.3) is 5.91 Å². The maximum Gasteiger partial charge on any atom is 0.344 e. The number of amides is 1. The van der Waals surface area contributed by atoms with E-state index in [2.05, 4.69) is 0 Å². The molecule has 2 aromatic rings. The van der Waals surface area contributed by atoms with Crippen molar-refractivity contribution in [3.8, 4) is 5.75 Å². The topological polar surface area (TPSA) is 86.0 Å². The fraction of sp³-hybridized carbons (Fsp3) is 0.500. The zero-order valence-electron chi connectivity index (χ0n) is 16.4. The van der Waals surface area contributed by atoms with Crippen molar-refractivity contribution in [3.63, 3.8) is 0 Å². The number of carbonyl (C=O) groups is 2. The van der Waals surface area contributed by atoms with Gasteiger partial charge in [0.15, 0.2) is 13.2 Å². The van der Waals surface area contributed by atoms with Crippen LogP contribution in [0.3, 0.4) is 0 Å². The van der Waals surface area contributed by atoms with E-state index in [1.54, 1.807) is 17.0 Å². The molecule has 4 rings (SSSR count). The molecule has 1 fully saturated rings. The van der Waals surface area contributed by atoms with E-state index in [0.29, 0.717) is 11.3 Å². The van der Waals surface area contributed by atoms with E-state index in [1.807, 2.05) is 6.07 Å². The zero-order valence-corrected chi connectivity index (χ0v) is 16.4. The molecule has 0 unspecified atom stereocenters. The van der Waals surface area contributed by atoms with Crippen LogP contribution in [0.4, 0.5) is 0 Å². The van der Waals surface area contributed by atoms with Crippen LogP contribution in [0.25, 0.3) is 11.0 Å². The standard InChI is InChI=1S/C22H25NO6/c24-20(23-10-3-1-2-4-11-23)13-28-21(25)14-27-15-8-9-17-16-6-5-7-18(16)22(26)29-19(17)12-15/h8-9,12H,1-7,10-11,13-14H2. The molecule has 0 bridgehead atoms. The average molecular weight is 399 g/mol. The minimum absolute atomic E-state index is 0.165. The zero-order chi connectivity index (χ0) is 20.2. The van der Waals surface area contributed by atoms with E-state index in [-0.39, 0.29) is 24.7 Å². The fourth-order valence-electron chi connectivity index (χ4n) is 4.09. The number of nitrogens with zero attached hydrogens (tertiary/aromatic N) is 1. The van der Waals surface area contributed by atoms with Crippen molar-refractivity contribution in [1.82, 2.24) is 4.90 Å². The number of aryl methyl sites for hydroxylation is 1. The Morgan fingerprint density at radius 1 is 0.966 bits per heavy atom. The molecule has 1 saturated heterocycles. The first-order valence-electron chi connectivity index (χ1n) is 10.3. The maximum absolute atomic E-state index is 12.2. The molecule has 2 aliphatic rings. The van der Waals surface area contributed by atoms with Gasteiger partial charge in [-0.3, -0.25) is 4.79 Å². The van der Waals surface area contributed by atoms with Crippen LogP contribution in [0.15, 0.2) is 27.4 Å². The Morgan fingerprint density at radius 2 is 1.72 bits per heavy atom. The van der Waals surface area contributed by atoms with Crippen molar-refractivity contribution in [3.05, 3.63) is 39.7 Å². The van der Waals surface area contributed by atoms with Gasteiger partial charge >= 0.3 is 11.6 Å². The summed E-state index contributed by atoms with van der Waals surface area (Å²) in [6, 6.07) is 5.22. The summed E-state index contributed by atoms with van der Waals surface area (Å²) >= 11 is 0.